The molecule has 3 heteroatoms. The van der Waals surface area contributed by atoms with Crippen LogP contribution < -0.4 is 0 Å². The first-order chi connectivity index (χ1) is 5.55. The van der Waals surface area contributed by atoms with Crippen molar-refractivity contribution in [2.24, 2.45) is 5.92 Å². The average molecular weight is 176 g/mol. The zero-order valence-corrected chi connectivity index (χ0v) is 7.28. The van der Waals surface area contributed by atoms with Crippen molar-refractivity contribution >= 4 is 5.78 Å². The molecule has 1 atom stereocenters. The maximum absolute atomic E-state index is 12.6. The molecule has 0 aromatic heterocycles. The Labute approximate surface area is 71.1 Å². The van der Waals surface area contributed by atoms with E-state index in [4.69, 9.17) is 0 Å². The molecule has 0 aromatic carbocycles. The third-order valence-electron chi connectivity index (χ3n) is 2.36. The Morgan fingerprint density at radius 2 is 2.25 bits per heavy atom. The predicted octanol–water partition coefficient (Wildman–Crippen LogP) is 2.79. The highest BCUT2D eigenvalue weighted by atomic mass is 19.3. The minimum absolute atomic E-state index is 0.0228. The van der Waals surface area contributed by atoms with Gasteiger partial charge in [-0.3, -0.25) is 4.79 Å². The fraction of sp³-hybridized carbons (Fsp3) is 0.889. The zero-order chi connectivity index (χ0) is 9.19. The van der Waals surface area contributed by atoms with Crippen LogP contribution in [0.2, 0.25) is 0 Å². The summed E-state index contributed by atoms with van der Waals surface area (Å²) in [5.41, 5.74) is 0. The van der Waals surface area contributed by atoms with Crippen molar-refractivity contribution in [2.45, 2.75) is 45.0 Å². The van der Waals surface area contributed by atoms with E-state index in [0.29, 0.717) is 12.8 Å². The lowest BCUT2D eigenvalue weighted by molar-refractivity contribution is -0.123. The van der Waals surface area contributed by atoms with Crippen LogP contribution in [0.5, 0.6) is 0 Å². The molecule has 1 aliphatic rings. The number of Topliss-reactive ketones (excluding diaryl/α,β-unsaturated/α-hetero) is 1. The van der Waals surface area contributed by atoms with Crippen molar-refractivity contribution in [3.8, 4) is 0 Å². The molecule has 0 spiro atoms. The predicted molar refractivity (Wildman–Crippen MR) is 42.2 cm³/mol. The second-order valence-electron chi connectivity index (χ2n) is 3.51. The van der Waals surface area contributed by atoms with Gasteiger partial charge < -0.3 is 0 Å². The molecular formula is C9H14F2O. The van der Waals surface area contributed by atoms with Crippen molar-refractivity contribution in [1.29, 1.82) is 0 Å². The lowest BCUT2D eigenvalue weighted by Crippen LogP contribution is -2.15. The fourth-order valence-electron chi connectivity index (χ4n) is 1.68. The minimum atomic E-state index is -2.58. The number of rotatable bonds is 3. The molecule has 1 aliphatic carbocycles. The van der Waals surface area contributed by atoms with Gasteiger partial charge in [0, 0.05) is 25.2 Å². The number of carbonyl (C=O) groups excluding carboxylic acids is 1. The highest BCUT2D eigenvalue weighted by Gasteiger charge is 2.41. The molecule has 1 nitrogen and oxygen atoms in total. The van der Waals surface area contributed by atoms with Crippen molar-refractivity contribution in [3.05, 3.63) is 0 Å². The van der Waals surface area contributed by atoms with Gasteiger partial charge in [0.05, 0.1) is 0 Å². The first kappa shape index (κ1) is 9.62. The third-order valence-corrected chi connectivity index (χ3v) is 2.36. The van der Waals surface area contributed by atoms with Gasteiger partial charge in [-0.05, 0) is 12.8 Å². The smallest absolute Gasteiger partial charge is 0.248 e. The van der Waals surface area contributed by atoms with Crippen molar-refractivity contribution in [1.82, 2.24) is 0 Å². The van der Waals surface area contributed by atoms with Gasteiger partial charge in [0.2, 0.25) is 5.92 Å². The molecule has 12 heavy (non-hydrogen) atoms. The van der Waals surface area contributed by atoms with Crippen molar-refractivity contribution in [2.75, 3.05) is 0 Å². The molecule has 0 N–H and O–H groups in total. The van der Waals surface area contributed by atoms with E-state index in [0.717, 1.165) is 6.42 Å². The Bertz CT molecular complexity index is 177. The fourth-order valence-corrected chi connectivity index (χ4v) is 1.68. The van der Waals surface area contributed by atoms with Crippen LogP contribution in [0.1, 0.15) is 39.0 Å². The summed E-state index contributed by atoms with van der Waals surface area (Å²) in [7, 11) is 0. The number of hydrogen-bond donors (Lipinski definition) is 0. The number of hydrogen-bond acceptors (Lipinski definition) is 1. The van der Waals surface area contributed by atoms with Crippen LogP contribution >= 0.6 is 0 Å². The molecule has 1 rings (SSSR count). The van der Waals surface area contributed by atoms with Crippen LogP contribution in [0, 0.1) is 5.92 Å². The SMILES string of the molecule is CCCC(=O)C1CCC(F)(F)C1. The Morgan fingerprint density at radius 1 is 1.58 bits per heavy atom. The van der Waals surface area contributed by atoms with Gasteiger partial charge >= 0.3 is 0 Å². The maximum Gasteiger partial charge on any atom is 0.248 e. The normalized spacial score (nSPS) is 27.4. The Balaban J connectivity index is 2.41. The monoisotopic (exact) mass is 176 g/mol. The lowest BCUT2D eigenvalue weighted by Gasteiger charge is -2.08. The molecule has 1 fully saturated rings. The standard InChI is InChI=1S/C9H14F2O/c1-2-3-8(12)7-4-5-9(10,11)6-7/h7H,2-6H2,1H3. The Kier molecular flexibility index (Phi) is 2.80. The van der Waals surface area contributed by atoms with E-state index in [1.807, 2.05) is 6.92 Å². The van der Waals surface area contributed by atoms with Crippen LogP contribution in [-0.4, -0.2) is 11.7 Å². The van der Waals surface area contributed by atoms with Crippen LogP contribution in [0.4, 0.5) is 8.78 Å². The van der Waals surface area contributed by atoms with E-state index in [2.05, 4.69) is 0 Å². The molecular weight excluding hydrogens is 162 g/mol. The molecule has 0 radical (unpaired) electrons. The van der Waals surface area contributed by atoms with E-state index in [-0.39, 0.29) is 24.5 Å². The van der Waals surface area contributed by atoms with Gasteiger partial charge in [0.15, 0.2) is 0 Å². The third kappa shape index (κ3) is 2.26. The van der Waals surface area contributed by atoms with E-state index in [1.165, 1.54) is 0 Å². The summed E-state index contributed by atoms with van der Waals surface area (Å²) in [6.07, 6.45) is 1.28. The molecule has 1 unspecified atom stereocenters. The highest BCUT2D eigenvalue weighted by molar-refractivity contribution is 5.81. The Morgan fingerprint density at radius 3 is 2.67 bits per heavy atom. The summed E-state index contributed by atoms with van der Waals surface area (Å²) in [6, 6.07) is 0. The lowest BCUT2D eigenvalue weighted by atomic mass is 9.99. The molecule has 0 aliphatic heterocycles. The molecule has 1 saturated carbocycles. The van der Waals surface area contributed by atoms with Crippen LogP contribution in [0.25, 0.3) is 0 Å². The van der Waals surface area contributed by atoms with Crippen LogP contribution in [0.15, 0.2) is 0 Å². The van der Waals surface area contributed by atoms with E-state index in [1.54, 1.807) is 0 Å². The van der Waals surface area contributed by atoms with Gasteiger partial charge in [-0.15, -0.1) is 0 Å². The van der Waals surface area contributed by atoms with E-state index in [9.17, 15) is 13.6 Å². The summed E-state index contributed by atoms with van der Waals surface area (Å²) < 4.78 is 25.3. The summed E-state index contributed by atoms with van der Waals surface area (Å²) in [6.45, 7) is 1.89. The van der Waals surface area contributed by atoms with Crippen molar-refractivity contribution < 1.29 is 13.6 Å². The van der Waals surface area contributed by atoms with Gasteiger partial charge in [-0.1, -0.05) is 6.92 Å². The first-order valence-electron chi connectivity index (χ1n) is 4.46. The largest absolute Gasteiger partial charge is 0.299 e. The van der Waals surface area contributed by atoms with E-state index < -0.39 is 5.92 Å². The number of carbonyl (C=O) groups is 1. The van der Waals surface area contributed by atoms with Crippen LogP contribution in [-0.2, 0) is 4.79 Å². The van der Waals surface area contributed by atoms with Crippen LogP contribution in [0.3, 0.4) is 0 Å². The van der Waals surface area contributed by atoms with Gasteiger partial charge in [-0.25, -0.2) is 8.78 Å². The molecule has 0 bridgehead atoms. The number of halogens is 2. The molecule has 0 heterocycles. The topological polar surface area (TPSA) is 17.1 Å². The molecule has 0 amide bonds. The number of ketones is 1. The van der Waals surface area contributed by atoms with E-state index >= 15 is 0 Å². The summed E-state index contributed by atoms with van der Waals surface area (Å²) in [4.78, 5) is 11.2. The Hall–Kier alpha value is -0.470. The zero-order valence-electron chi connectivity index (χ0n) is 7.28. The molecule has 0 aromatic rings. The van der Waals surface area contributed by atoms with Crippen molar-refractivity contribution in [3.63, 3.8) is 0 Å². The first-order valence-corrected chi connectivity index (χ1v) is 4.46. The van der Waals surface area contributed by atoms with Gasteiger partial charge in [-0.2, -0.15) is 0 Å². The molecule has 70 valence electrons. The second kappa shape index (κ2) is 3.50. The van der Waals surface area contributed by atoms with Gasteiger partial charge in [0.1, 0.15) is 5.78 Å². The van der Waals surface area contributed by atoms with Gasteiger partial charge in [0.25, 0.3) is 0 Å². The summed E-state index contributed by atoms with van der Waals surface area (Å²) in [5, 5.41) is 0. The number of alkyl halides is 2. The highest BCUT2D eigenvalue weighted by Crippen LogP contribution is 2.39. The maximum atomic E-state index is 12.6. The quantitative estimate of drug-likeness (QED) is 0.646. The summed E-state index contributed by atoms with van der Waals surface area (Å²) in [5.74, 6) is -2.91. The molecule has 0 saturated heterocycles. The summed E-state index contributed by atoms with van der Waals surface area (Å²) >= 11 is 0. The minimum Gasteiger partial charge on any atom is -0.299 e. The second-order valence-corrected chi connectivity index (χ2v) is 3.51. The average Bonchev–Trinajstić information content (AvgIpc) is 2.31.